The van der Waals surface area contributed by atoms with Crippen LogP contribution in [0.5, 0.6) is 5.75 Å². The molecule has 3 heteroatoms. The minimum Gasteiger partial charge on any atom is -0.496 e. The van der Waals surface area contributed by atoms with E-state index in [1.165, 1.54) is 0 Å². The van der Waals surface area contributed by atoms with Crippen molar-refractivity contribution in [1.82, 2.24) is 0 Å². The molecule has 1 aromatic carbocycles. The molecule has 0 N–H and O–H groups in total. The fourth-order valence-electron chi connectivity index (χ4n) is 2.06. The molecule has 124 valence electrons. The Labute approximate surface area is 139 Å². The first-order chi connectivity index (χ1) is 10.9. The Morgan fingerprint density at radius 1 is 1.13 bits per heavy atom. The third-order valence-electron chi connectivity index (χ3n) is 3.50. The largest absolute Gasteiger partial charge is 0.496 e. The molecule has 0 aliphatic rings. The van der Waals surface area contributed by atoms with Gasteiger partial charge in [-0.15, -0.1) is 0 Å². The standard InChI is InChI=1S/C20H26O3/c1-7-23-20(21)15(3)10-8-14(2)9-11-18-12-17(5)19(22-6)13-16(18)4/h8-13H,7H2,1-6H3. The number of methoxy groups -OCH3 is 1. The molecule has 0 atom stereocenters. The van der Waals surface area contributed by atoms with E-state index in [1.807, 2.05) is 32.1 Å². The van der Waals surface area contributed by atoms with Gasteiger partial charge in [0.1, 0.15) is 5.75 Å². The van der Waals surface area contributed by atoms with Gasteiger partial charge in [-0.05, 0) is 63.4 Å². The second-order valence-electron chi connectivity index (χ2n) is 5.49. The number of allylic oxidation sites excluding steroid dienone is 4. The van der Waals surface area contributed by atoms with E-state index in [9.17, 15) is 4.79 Å². The average Bonchev–Trinajstić information content (AvgIpc) is 2.53. The lowest BCUT2D eigenvalue weighted by Crippen LogP contribution is -2.04. The summed E-state index contributed by atoms with van der Waals surface area (Å²) >= 11 is 0. The first kappa shape index (κ1) is 18.8. The summed E-state index contributed by atoms with van der Waals surface area (Å²) in [5, 5.41) is 0. The zero-order valence-electron chi connectivity index (χ0n) is 14.9. The zero-order valence-corrected chi connectivity index (χ0v) is 14.9. The first-order valence-corrected chi connectivity index (χ1v) is 7.74. The van der Waals surface area contributed by atoms with E-state index in [0.29, 0.717) is 12.2 Å². The Balaban J connectivity index is 2.88. The van der Waals surface area contributed by atoms with Crippen molar-refractivity contribution >= 4 is 12.0 Å². The van der Waals surface area contributed by atoms with Crippen molar-refractivity contribution in [3.8, 4) is 5.75 Å². The van der Waals surface area contributed by atoms with Crippen LogP contribution in [0.2, 0.25) is 0 Å². The number of carbonyl (C=O) groups excluding carboxylic acids is 1. The van der Waals surface area contributed by atoms with Crippen LogP contribution >= 0.6 is 0 Å². The van der Waals surface area contributed by atoms with Gasteiger partial charge in [-0.3, -0.25) is 0 Å². The lowest BCUT2D eigenvalue weighted by Gasteiger charge is -2.08. The Bertz CT molecular complexity index is 649. The average molecular weight is 314 g/mol. The van der Waals surface area contributed by atoms with Gasteiger partial charge in [-0.25, -0.2) is 4.79 Å². The number of esters is 1. The van der Waals surface area contributed by atoms with Crippen molar-refractivity contribution in [2.45, 2.75) is 34.6 Å². The van der Waals surface area contributed by atoms with Crippen LogP contribution in [0.3, 0.4) is 0 Å². The molecular weight excluding hydrogens is 288 g/mol. The minimum absolute atomic E-state index is 0.276. The molecule has 0 amide bonds. The highest BCUT2D eigenvalue weighted by atomic mass is 16.5. The normalized spacial score (nSPS) is 12.6. The molecule has 0 heterocycles. The van der Waals surface area contributed by atoms with Gasteiger partial charge in [0.15, 0.2) is 0 Å². The molecule has 0 bridgehead atoms. The highest BCUT2D eigenvalue weighted by Crippen LogP contribution is 2.23. The molecule has 0 aliphatic heterocycles. The van der Waals surface area contributed by atoms with Crippen LogP contribution in [-0.4, -0.2) is 19.7 Å². The third-order valence-corrected chi connectivity index (χ3v) is 3.50. The van der Waals surface area contributed by atoms with E-state index in [4.69, 9.17) is 9.47 Å². The van der Waals surface area contributed by atoms with Gasteiger partial charge < -0.3 is 9.47 Å². The molecule has 0 aliphatic carbocycles. The summed E-state index contributed by atoms with van der Waals surface area (Å²) < 4.78 is 10.3. The number of aryl methyl sites for hydroxylation is 2. The third kappa shape index (κ3) is 5.78. The minimum atomic E-state index is -0.276. The van der Waals surface area contributed by atoms with E-state index in [2.05, 4.69) is 19.1 Å². The summed E-state index contributed by atoms with van der Waals surface area (Å²) in [6.07, 6.45) is 7.79. The summed E-state index contributed by atoms with van der Waals surface area (Å²) in [6.45, 7) is 10.0. The molecule has 0 saturated heterocycles. The number of rotatable bonds is 6. The summed E-state index contributed by atoms with van der Waals surface area (Å²) in [4.78, 5) is 11.5. The van der Waals surface area contributed by atoms with Gasteiger partial charge >= 0.3 is 5.97 Å². The molecule has 0 radical (unpaired) electrons. The predicted molar refractivity (Wildman–Crippen MR) is 95.6 cm³/mol. The van der Waals surface area contributed by atoms with Gasteiger partial charge in [0.05, 0.1) is 13.7 Å². The van der Waals surface area contributed by atoms with Crippen LogP contribution in [0.25, 0.3) is 6.08 Å². The van der Waals surface area contributed by atoms with Crippen molar-refractivity contribution < 1.29 is 14.3 Å². The van der Waals surface area contributed by atoms with Crippen molar-refractivity contribution in [3.05, 3.63) is 58.2 Å². The number of ether oxygens (including phenoxy) is 2. The van der Waals surface area contributed by atoms with E-state index >= 15 is 0 Å². The molecule has 23 heavy (non-hydrogen) atoms. The molecular formula is C20H26O3. The quantitative estimate of drug-likeness (QED) is 0.430. The first-order valence-electron chi connectivity index (χ1n) is 7.74. The van der Waals surface area contributed by atoms with E-state index in [0.717, 1.165) is 28.0 Å². The number of hydrogen-bond acceptors (Lipinski definition) is 3. The second kappa shape index (κ2) is 8.99. The molecule has 0 fully saturated rings. The van der Waals surface area contributed by atoms with Gasteiger partial charge in [0, 0.05) is 5.57 Å². The van der Waals surface area contributed by atoms with Crippen molar-refractivity contribution in [2.75, 3.05) is 13.7 Å². The Morgan fingerprint density at radius 3 is 2.43 bits per heavy atom. The van der Waals surface area contributed by atoms with Crippen molar-refractivity contribution in [2.24, 2.45) is 0 Å². The van der Waals surface area contributed by atoms with Crippen LogP contribution < -0.4 is 4.74 Å². The molecule has 0 unspecified atom stereocenters. The maximum absolute atomic E-state index is 11.5. The lowest BCUT2D eigenvalue weighted by molar-refractivity contribution is -0.138. The summed E-state index contributed by atoms with van der Waals surface area (Å²) in [5.74, 6) is 0.627. The molecule has 0 saturated carbocycles. The number of benzene rings is 1. The molecule has 0 aromatic heterocycles. The summed E-state index contributed by atoms with van der Waals surface area (Å²) in [5.41, 5.74) is 5.08. The summed E-state index contributed by atoms with van der Waals surface area (Å²) in [7, 11) is 1.68. The van der Waals surface area contributed by atoms with E-state index in [1.54, 1.807) is 27.0 Å². The van der Waals surface area contributed by atoms with E-state index < -0.39 is 0 Å². The van der Waals surface area contributed by atoms with Crippen LogP contribution in [-0.2, 0) is 9.53 Å². The highest BCUT2D eigenvalue weighted by Gasteiger charge is 2.03. The highest BCUT2D eigenvalue weighted by molar-refractivity contribution is 5.88. The number of carbonyl (C=O) groups is 1. The van der Waals surface area contributed by atoms with Gasteiger partial charge in [0.25, 0.3) is 0 Å². The van der Waals surface area contributed by atoms with Crippen LogP contribution in [0, 0.1) is 13.8 Å². The fourth-order valence-corrected chi connectivity index (χ4v) is 2.06. The van der Waals surface area contributed by atoms with Crippen molar-refractivity contribution in [3.63, 3.8) is 0 Å². The number of hydrogen-bond donors (Lipinski definition) is 0. The van der Waals surface area contributed by atoms with Crippen LogP contribution in [0.15, 0.2) is 41.5 Å². The maximum Gasteiger partial charge on any atom is 0.333 e. The molecule has 1 rings (SSSR count). The summed E-state index contributed by atoms with van der Waals surface area (Å²) in [6, 6.07) is 4.15. The van der Waals surface area contributed by atoms with Gasteiger partial charge in [-0.1, -0.05) is 29.9 Å². The Kier molecular flexibility index (Phi) is 7.33. The fraction of sp³-hybridized carbons (Fsp3) is 0.350. The Morgan fingerprint density at radius 2 is 1.83 bits per heavy atom. The van der Waals surface area contributed by atoms with Crippen molar-refractivity contribution in [1.29, 1.82) is 0 Å². The molecule has 1 aromatic rings. The SMILES string of the molecule is CCOC(=O)C(C)=CC=C(C)C=Cc1cc(C)c(OC)cc1C. The van der Waals surface area contributed by atoms with Crippen LogP contribution in [0.4, 0.5) is 0 Å². The monoisotopic (exact) mass is 314 g/mol. The van der Waals surface area contributed by atoms with Gasteiger partial charge in [-0.2, -0.15) is 0 Å². The second-order valence-corrected chi connectivity index (χ2v) is 5.49. The smallest absolute Gasteiger partial charge is 0.333 e. The van der Waals surface area contributed by atoms with Gasteiger partial charge in [0.2, 0.25) is 0 Å². The molecule has 0 spiro atoms. The van der Waals surface area contributed by atoms with E-state index in [-0.39, 0.29) is 5.97 Å². The topological polar surface area (TPSA) is 35.5 Å². The predicted octanol–water partition coefficient (Wildman–Crippen LogP) is 4.78. The molecule has 3 nitrogen and oxygen atoms in total. The Hall–Kier alpha value is -2.29. The maximum atomic E-state index is 11.5. The lowest BCUT2D eigenvalue weighted by atomic mass is 10.0. The zero-order chi connectivity index (χ0) is 17.4. The van der Waals surface area contributed by atoms with Crippen LogP contribution in [0.1, 0.15) is 37.5 Å².